The van der Waals surface area contributed by atoms with Crippen LogP contribution >= 0.6 is 0 Å². The molecule has 0 radical (unpaired) electrons. The molecule has 3 aromatic heterocycles. The predicted molar refractivity (Wildman–Crippen MR) is 139 cm³/mol. The molecule has 39 heavy (non-hydrogen) atoms. The SMILES string of the molecule is CC1(/C=C/c2ncn(-c3nccc([C@]45CC[C@@H](c6cc(-c7c(F)cccc7F)nnc64)C5(C)C)n3)n2)COC1. The lowest BCUT2D eigenvalue weighted by Crippen LogP contribution is -2.38. The topological polar surface area (TPSA) is 91.5 Å². The molecule has 198 valence electrons. The minimum atomic E-state index is -0.654. The van der Waals surface area contributed by atoms with Gasteiger partial charge in [0.25, 0.3) is 5.95 Å². The summed E-state index contributed by atoms with van der Waals surface area (Å²) in [5, 5.41) is 13.5. The van der Waals surface area contributed by atoms with Gasteiger partial charge in [-0.15, -0.1) is 10.2 Å². The van der Waals surface area contributed by atoms with Crippen LogP contribution in [0.4, 0.5) is 8.78 Å². The number of hydrogen-bond donors (Lipinski definition) is 0. The first kappa shape index (κ1) is 24.1. The van der Waals surface area contributed by atoms with E-state index < -0.39 is 17.0 Å². The Labute approximate surface area is 224 Å². The maximum absolute atomic E-state index is 14.6. The summed E-state index contributed by atoms with van der Waals surface area (Å²) in [6, 6.07) is 7.55. The van der Waals surface area contributed by atoms with Crippen LogP contribution in [-0.2, 0) is 10.2 Å². The van der Waals surface area contributed by atoms with Crippen LogP contribution < -0.4 is 0 Å². The van der Waals surface area contributed by atoms with Crippen molar-refractivity contribution >= 4 is 6.08 Å². The third-order valence-electron chi connectivity index (χ3n) is 8.89. The highest BCUT2D eigenvalue weighted by Crippen LogP contribution is 2.69. The molecular formula is C29H27F2N7O. The Morgan fingerprint density at radius 3 is 2.59 bits per heavy atom. The van der Waals surface area contributed by atoms with Crippen molar-refractivity contribution in [3.63, 3.8) is 0 Å². The Bertz CT molecular complexity index is 1620. The number of halogens is 2. The molecule has 3 aliphatic rings. The molecule has 1 saturated heterocycles. The largest absolute Gasteiger partial charge is 0.379 e. The molecule has 8 nitrogen and oxygen atoms in total. The van der Waals surface area contributed by atoms with Gasteiger partial charge in [-0.1, -0.05) is 32.9 Å². The Kier molecular flexibility index (Phi) is 5.13. The van der Waals surface area contributed by atoms with Crippen molar-refractivity contribution < 1.29 is 13.5 Å². The third-order valence-corrected chi connectivity index (χ3v) is 8.89. The van der Waals surface area contributed by atoms with Gasteiger partial charge in [0, 0.05) is 11.6 Å². The fourth-order valence-electron chi connectivity index (χ4n) is 6.70. The molecule has 2 bridgehead atoms. The zero-order chi connectivity index (χ0) is 27.0. The number of rotatable bonds is 5. The van der Waals surface area contributed by atoms with Crippen LogP contribution in [0.5, 0.6) is 0 Å². The molecule has 2 atom stereocenters. The first-order valence-electron chi connectivity index (χ1n) is 13.1. The Morgan fingerprint density at radius 1 is 1.05 bits per heavy atom. The minimum absolute atomic E-state index is 0.0143. The van der Waals surface area contributed by atoms with Gasteiger partial charge in [-0.3, -0.25) is 0 Å². The predicted octanol–water partition coefficient (Wildman–Crippen LogP) is 5.05. The highest BCUT2D eigenvalue weighted by molar-refractivity contribution is 5.64. The maximum atomic E-state index is 14.6. The molecule has 1 aliphatic heterocycles. The fourth-order valence-corrected chi connectivity index (χ4v) is 6.70. The van der Waals surface area contributed by atoms with Gasteiger partial charge in [-0.25, -0.2) is 23.7 Å². The summed E-state index contributed by atoms with van der Waals surface area (Å²) in [6.45, 7) is 7.93. The van der Waals surface area contributed by atoms with Gasteiger partial charge < -0.3 is 4.74 Å². The third kappa shape index (κ3) is 3.43. The molecule has 10 heteroatoms. The van der Waals surface area contributed by atoms with E-state index in [1.54, 1.807) is 17.2 Å². The molecule has 0 amide bonds. The molecule has 4 heterocycles. The van der Waals surface area contributed by atoms with Crippen LogP contribution in [0.3, 0.4) is 0 Å². The van der Waals surface area contributed by atoms with Crippen molar-refractivity contribution in [3.8, 4) is 17.2 Å². The lowest BCUT2D eigenvalue weighted by atomic mass is 9.66. The maximum Gasteiger partial charge on any atom is 0.252 e. The number of fused-ring (bicyclic) bond motifs is 5. The fraction of sp³-hybridized carbons (Fsp3) is 0.379. The van der Waals surface area contributed by atoms with Crippen LogP contribution in [0.25, 0.3) is 23.3 Å². The summed E-state index contributed by atoms with van der Waals surface area (Å²) in [7, 11) is 0. The second-order valence-corrected chi connectivity index (χ2v) is 11.6. The van der Waals surface area contributed by atoms with Crippen molar-refractivity contribution in [1.82, 2.24) is 34.9 Å². The van der Waals surface area contributed by atoms with E-state index in [-0.39, 0.29) is 28.0 Å². The molecule has 4 aromatic rings. The van der Waals surface area contributed by atoms with Crippen LogP contribution in [-0.4, -0.2) is 48.1 Å². The van der Waals surface area contributed by atoms with E-state index in [1.165, 1.54) is 18.2 Å². The molecule has 2 aliphatic carbocycles. The zero-order valence-corrected chi connectivity index (χ0v) is 21.9. The van der Waals surface area contributed by atoms with Gasteiger partial charge in [-0.05, 0) is 60.1 Å². The summed E-state index contributed by atoms with van der Waals surface area (Å²) < 4.78 is 36.0. The summed E-state index contributed by atoms with van der Waals surface area (Å²) in [6.07, 6.45) is 9.05. The lowest BCUT2D eigenvalue weighted by Gasteiger charge is -2.37. The number of ether oxygens (including phenoxy) is 1. The standard InChI is InChI=1S/C29H27F2N7O/c1-27(2)18-7-11-29(27,25-17(18)13-21(35-36-25)24-19(30)5-4-6-20(24)31)22-9-12-32-26(34-22)38-16-33-23(37-38)8-10-28(3)14-39-15-28/h4-6,8-10,12-13,16,18H,7,11,14-15H2,1-3H3/b10-8+/t18-,29+/m0/s1. The Morgan fingerprint density at radius 2 is 1.85 bits per heavy atom. The van der Waals surface area contributed by atoms with Gasteiger partial charge in [0.2, 0.25) is 0 Å². The van der Waals surface area contributed by atoms with E-state index in [0.29, 0.717) is 25.0 Å². The molecule has 2 fully saturated rings. The van der Waals surface area contributed by atoms with Crippen molar-refractivity contribution in [2.75, 3.05) is 13.2 Å². The molecule has 0 N–H and O–H groups in total. The van der Waals surface area contributed by atoms with Gasteiger partial charge >= 0.3 is 0 Å². The van der Waals surface area contributed by atoms with Crippen LogP contribution in [0, 0.1) is 22.5 Å². The molecule has 1 saturated carbocycles. The van der Waals surface area contributed by atoms with E-state index >= 15 is 0 Å². The number of hydrogen-bond acceptors (Lipinski definition) is 7. The highest BCUT2D eigenvalue weighted by atomic mass is 19.1. The Balaban J connectivity index is 1.28. The van der Waals surface area contributed by atoms with Gasteiger partial charge in [0.05, 0.1) is 41.3 Å². The number of nitrogens with zero attached hydrogens (tertiary/aromatic N) is 7. The second-order valence-electron chi connectivity index (χ2n) is 11.6. The zero-order valence-electron chi connectivity index (χ0n) is 21.9. The average molecular weight is 528 g/mol. The van der Waals surface area contributed by atoms with Gasteiger partial charge in [0.1, 0.15) is 18.0 Å². The van der Waals surface area contributed by atoms with Crippen LogP contribution in [0.2, 0.25) is 0 Å². The molecular weight excluding hydrogens is 500 g/mol. The summed E-state index contributed by atoms with van der Waals surface area (Å²) >= 11 is 0. The summed E-state index contributed by atoms with van der Waals surface area (Å²) in [5.41, 5.74) is 1.90. The van der Waals surface area contributed by atoms with Crippen molar-refractivity contribution in [2.45, 2.75) is 44.9 Å². The van der Waals surface area contributed by atoms with E-state index in [2.05, 4.69) is 52.1 Å². The monoisotopic (exact) mass is 527 g/mol. The smallest absolute Gasteiger partial charge is 0.252 e. The molecule has 7 rings (SSSR count). The Hall–Kier alpha value is -3.92. The first-order valence-corrected chi connectivity index (χ1v) is 13.1. The minimum Gasteiger partial charge on any atom is -0.379 e. The summed E-state index contributed by atoms with van der Waals surface area (Å²) in [5.74, 6) is -0.174. The number of aromatic nitrogens is 7. The summed E-state index contributed by atoms with van der Waals surface area (Å²) in [4.78, 5) is 13.8. The molecule has 0 spiro atoms. The van der Waals surface area contributed by atoms with E-state index in [4.69, 9.17) is 9.72 Å². The van der Waals surface area contributed by atoms with Crippen LogP contribution in [0.1, 0.15) is 62.3 Å². The molecule has 1 aromatic carbocycles. The van der Waals surface area contributed by atoms with E-state index in [0.717, 1.165) is 29.8 Å². The molecule has 0 unspecified atom stereocenters. The van der Waals surface area contributed by atoms with E-state index in [9.17, 15) is 8.78 Å². The average Bonchev–Trinajstić information content (AvgIpc) is 3.54. The normalized spacial score (nSPS) is 24.2. The number of benzene rings is 1. The van der Waals surface area contributed by atoms with Crippen molar-refractivity contribution in [2.24, 2.45) is 10.8 Å². The van der Waals surface area contributed by atoms with Crippen LogP contribution in [0.15, 0.2) is 48.9 Å². The first-order chi connectivity index (χ1) is 18.7. The quantitative estimate of drug-likeness (QED) is 0.359. The van der Waals surface area contributed by atoms with Crippen molar-refractivity contribution in [3.05, 3.63) is 83.3 Å². The van der Waals surface area contributed by atoms with Crippen molar-refractivity contribution in [1.29, 1.82) is 0 Å². The van der Waals surface area contributed by atoms with E-state index in [1.807, 2.05) is 18.2 Å². The van der Waals surface area contributed by atoms with Gasteiger partial charge in [0.15, 0.2) is 5.82 Å². The lowest BCUT2D eigenvalue weighted by molar-refractivity contribution is -0.0703. The highest BCUT2D eigenvalue weighted by Gasteiger charge is 2.65. The second kappa shape index (κ2) is 8.29. The van der Waals surface area contributed by atoms with Gasteiger partial charge in [-0.2, -0.15) is 9.78 Å².